The third-order valence-corrected chi connectivity index (χ3v) is 3.34. The zero-order chi connectivity index (χ0) is 19.0. The molecule has 1 unspecified atom stereocenters. The van der Waals surface area contributed by atoms with E-state index in [1.54, 1.807) is 44.2 Å². The molecule has 0 aromatic heterocycles. The first-order valence-electron chi connectivity index (χ1n) is 7.86. The Balaban J connectivity index is 3.16. The van der Waals surface area contributed by atoms with Gasteiger partial charge in [0.15, 0.2) is 0 Å². The molecule has 8 nitrogen and oxygen atoms in total. The van der Waals surface area contributed by atoms with E-state index in [9.17, 15) is 24.5 Å². The Kier molecular flexibility index (Phi) is 7.71. The van der Waals surface area contributed by atoms with Gasteiger partial charge in [0.2, 0.25) is 5.78 Å². The van der Waals surface area contributed by atoms with Crippen LogP contribution in [0.15, 0.2) is 30.3 Å². The molecule has 0 amide bonds. The van der Waals surface area contributed by atoms with Crippen molar-refractivity contribution in [2.45, 2.75) is 45.3 Å². The molecule has 1 aromatic rings. The number of carbonyl (C=O) groups is 3. The summed E-state index contributed by atoms with van der Waals surface area (Å²) in [5.41, 5.74) is 0.392. The van der Waals surface area contributed by atoms with Gasteiger partial charge in [-0.15, -0.1) is 0 Å². The molecule has 0 spiro atoms. The first-order valence-corrected chi connectivity index (χ1v) is 7.86. The highest BCUT2D eigenvalue weighted by Crippen LogP contribution is 2.27. The maximum absolute atomic E-state index is 12.1. The van der Waals surface area contributed by atoms with Crippen molar-refractivity contribution in [2.75, 3.05) is 6.61 Å². The van der Waals surface area contributed by atoms with Gasteiger partial charge in [-0.3, -0.25) is 14.9 Å². The molecule has 0 N–H and O–H groups in total. The standard InChI is InChI=1S/C17H21NO7/c1-4-24-17(21)15(18(22)23)13(12-8-6-5-7-9-12)10-14(19)16(20)25-11(2)3/h5-9,11,13,15H,4,10H2,1-3H3/t13-,15?/m1/s1. The van der Waals surface area contributed by atoms with Gasteiger partial charge in [0.25, 0.3) is 0 Å². The third kappa shape index (κ3) is 5.98. The minimum Gasteiger partial charge on any atom is -0.461 e. The van der Waals surface area contributed by atoms with Crippen LogP contribution < -0.4 is 0 Å². The van der Waals surface area contributed by atoms with Crippen molar-refractivity contribution in [1.82, 2.24) is 0 Å². The van der Waals surface area contributed by atoms with Gasteiger partial charge >= 0.3 is 18.0 Å². The Bertz CT molecular complexity index is 627. The lowest BCUT2D eigenvalue weighted by molar-refractivity contribution is -0.514. The fourth-order valence-corrected chi connectivity index (χ4v) is 2.30. The van der Waals surface area contributed by atoms with Gasteiger partial charge in [-0.25, -0.2) is 9.59 Å². The number of Topliss-reactive ketones (excluding diaryl/α,β-unsaturated/α-hetero) is 1. The first kappa shape index (κ1) is 20.3. The summed E-state index contributed by atoms with van der Waals surface area (Å²) < 4.78 is 9.59. The lowest BCUT2D eigenvalue weighted by Gasteiger charge is -2.19. The van der Waals surface area contributed by atoms with Crippen LogP contribution in [-0.4, -0.2) is 41.4 Å². The highest BCUT2D eigenvalue weighted by atomic mass is 16.6. The van der Waals surface area contributed by atoms with E-state index in [0.29, 0.717) is 5.56 Å². The van der Waals surface area contributed by atoms with Gasteiger partial charge in [0.05, 0.1) is 18.6 Å². The van der Waals surface area contributed by atoms with Crippen LogP contribution in [0.1, 0.15) is 38.7 Å². The second-order valence-corrected chi connectivity index (χ2v) is 5.58. The number of carbonyl (C=O) groups excluding carboxylic acids is 3. The van der Waals surface area contributed by atoms with Crippen LogP contribution >= 0.6 is 0 Å². The molecule has 2 atom stereocenters. The van der Waals surface area contributed by atoms with Gasteiger partial charge in [0.1, 0.15) is 0 Å². The van der Waals surface area contributed by atoms with Crippen molar-refractivity contribution in [2.24, 2.45) is 0 Å². The van der Waals surface area contributed by atoms with Gasteiger partial charge in [-0.1, -0.05) is 30.3 Å². The summed E-state index contributed by atoms with van der Waals surface area (Å²) in [5.74, 6) is -4.20. The van der Waals surface area contributed by atoms with E-state index in [1.807, 2.05) is 0 Å². The Morgan fingerprint density at radius 2 is 1.76 bits per heavy atom. The number of hydrogen-bond donors (Lipinski definition) is 0. The van der Waals surface area contributed by atoms with Gasteiger partial charge in [-0.05, 0) is 26.3 Å². The molecule has 136 valence electrons. The number of esters is 2. The quantitative estimate of drug-likeness (QED) is 0.289. The van der Waals surface area contributed by atoms with Crippen molar-refractivity contribution in [3.63, 3.8) is 0 Å². The Morgan fingerprint density at radius 1 is 1.16 bits per heavy atom. The Morgan fingerprint density at radius 3 is 2.24 bits per heavy atom. The number of ketones is 1. The number of rotatable bonds is 9. The topological polar surface area (TPSA) is 113 Å². The molecule has 0 aliphatic rings. The zero-order valence-corrected chi connectivity index (χ0v) is 14.3. The minimum absolute atomic E-state index is 0.0337. The van der Waals surface area contributed by atoms with E-state index >= 15 is 0 Å². The molecule has 0 bridgehead atoms. The molecule has 0 heterocycles. The monoisotopic (exact) mass is 351 g/mol. The second kappa shape index (κ2) is 9.51. The average Bonchev–Trinajstić information content (AvgIpc) is 2.54. The summed E-state index contributed by atoms with van der Waals surface area (Å²) in [7, 11) is 0. The highest BCUT2D eigenvalue weighted by Gasteiger charge is 2.43. The number of benzene rings is 1. The maximum atomic E-state index is 12.1. The number of hydrogen-bond acceptors (Lipinski definition) is 7. The van der Waals surface area contributed by atoms with Gasteiger partial charge in [-0.2, -0.15) is 0 Å². The van der Waals surface area contributed by atoms with Crippen molar-refractivity contribution >= 4 is 17.7 Å². The molecule has 0 saturated carbocycles. The fourth-order valence-electron chi connectivity index (χ4n) is 2.30. The van der Waals surface area contributed by atoms with Crippen molar-refractivity contribution in [3.8, 4) is 0 Å². The molecule has 0 aliphatic heterocycles. The van der Waals surface area contributed by atoms with Crippen molar-refractivity contribution < 1.29 is 28.8 Å². The summed E-state index contributed by atoms with van der Waals surface area (Å²) in [4.78, 5) is 46.6. The molecule has 0 fully saturated rings. The van der Waals surface area contributed by atoms with E-state index in [0.717, 1.165) is 0 Å². The van der Waals surface area contributed by atoms with Crippen LogP contribution in [0.2, 0.25) is 0 Å². The molecule has 1 rings (SSSR count). The Labute approximate surface area is 145 Å². The van der Waals surface area contributed by atoms with E-state index < -0.39 is 47.1 Å². The summed E-state index contributed by atoms with van der Waals surface area (Å²) >= 11 is 0. The lowest BCUT2D eigenvalue weighted by atomic mass is 9.87. The highest BCUT2D eigenvalue weighted by molar-refractivity contribution is 6.33. The van der Waals surface area contributed by atoms with Crippen LogP contribution in [-0.2, 0) is 23.9 Å². The molecule has 0 saturated heterocycles. The van der Waals surface area contributed by atoms with Crippen LogP contribution in [0.5, 0.6) is 0 Å². The fraction of sp³-hybridized carbons (Fsp3) is 0.471. The van der Waals surface area contributed by atoms with Gasteiger partial charge in [0, 0.05) is 11.3 Å². The molecular weight excluding hydrogens is 330 g/mol. The lowest BCUT2D eigenvalue weighted by Crippen LogP contribution is -2.39. The summed E-state index contributed by atoms with van der Waals surface area (Å²) in [6.45, 7) is 4.65. The number of nitrogens with zero attached hydrogens (tertiary/aromatic N) is 1. The smallest absolute Gasteiger partial charge is 0.382 e. The predicted octanol–water partition coefficient (Wildman–Crippen LogP) is 1.89. The first-order chi connectivity index (χ1) is 11.8. The second-order valence-electron chi connectivity index (χ2n) is 5.58. The van der Waals surface area contributed by atoms with Crippen molar-refractivity contribution in [1.29, 1.82) is 0 Å². The van der Waals surface area contributed by atoms with Crippen LogP contribution in [0.25, 0.3) is 0 Å². The van der Waals surface area contributed by atoms with Crippen LogP contribution in [0.4, 0.5) is 0 Å². The average molecular weight is 351 g/mol. The number of nitro groups is 1. The predicted molar refractivity (Wildman–Crippen MR) is 87.5 cm³/mol. The maximum Gasteiger partial charge on any atom is 0.382 e. The summed E-state index contributed by atoms with van der Waals surface area (Å²) in [6, 6.07) is 6.27. The van der Waals surface area contributed by atoms with Crippen LogP contribution in [0.3, 0.4) is 0 Å². The van der Waals surface area contributed by atoms with Crippen LogP contribution in [0, 0.1) is 10.1 Å². The largest absolute Gasteiger partial charge is 0.461 e. The summed E-state index contributed by atoms with van der Waals surface area (Å²) in [5, 5.41) is 11.4. The van der Waals surface area contributed by atoms with E-state index in [-0.39, 0.29) is 6.61 Å². The molecular formula is C17H21NO7. The molecule has 0 radical (unpaired) electrons. The molecule has 8 heteroatoms. The van der Waals surface area contributed by atoms with E-state index in [2.05, 4.69) is 0 Å². The minimum atomic E-state index is -1.79. The molecule has 0 aliphatic carbocycles. The van der Waals surface area contributed by atoms with Gasteiger partial charge < -0.3 is 9.47 Å². The van der Waals surface area contributed by atoms with Crippen molar-refractivity contribution in [3.05, 3.63) is 46.0 Å². The molecule has 1 aromatic carbocycles. The van der Waals surface area contributed by atoms with E-state index in [4.69, 9.17) is 9.47 Å². The normalized spacial score (nSPS) is 13.0. The number of ether oxygens (including phenoxy) is 2. The third-order valence-electron chi connectivity index (χ3n) is 3.34. The molecule has 25 heavy (non-hydrogen) atoms. The SMILES string of the molecule is CCOC(=O)C([C@H](CC(=O)C(=O)OC(C)C)c1ccccc1)[N+](=O)[O-]. The zero-order valence-electron chi connectivity index (χ0n) is 14.3. The summed E-state index contributed by atoms with van der Waals surface area (Å²) in [6.07, 6.45) is -1.02. The van der Waals surface area contributed by atoms with E-state index in [1.165, 1.54) is 6.92 Å². The Hall–Kier alpha value is -2.77.